The minimum Gasteiger partial charge on any atom is -0.493 e. The number of carbonyl (C=O) groups excluding carboxylic acids is 1. The summed E-state index contributed by atoms with van der Waals surface area (Å²) in [4.78, 5) is 19.0. The minimum atomic E-state index is -0.139. The van der Waals surface area contributed by atoms with Crippen LogP contribution in [0.4, 0.5) is 0 Å². The first-order chi connectivity index (χ1) is 13.1. The predicted molar refractivity (Wildman–Crippen MR) is 106 cm³/mol. The van der Waals surface area contributed by atoms with Crippen LogP contribution in [0, 0.1) is 17.8 Å². The standard InChI is InChI=1S/C21H31N3O3/c1-4-22-21(24-12-15(2)18(13-24)20(25)26-3)23-11-17-7-5-6-8-19(17)27-14-16-9-10-16/h5-8,15-16,18H,4,9-14H2,1-3H3,(H,22,23). The number of esters is 1. The van der Waals surface area contributed by atoms with Crippen molar-refractivity contribution in [3.8, 4) is 5.75 Å². The summed E-state index contributed by atoms with van der Waals surface area (Å²) >= 11 is 0. The van der Waals surface area contributed by atoms with Crippen molar-refractivity contribution < 1.29 is 14.3 Å². The summed E-state index contributed by atoms with van der Waals surface area (Å²) in [6, 6.07) is 8.11. The Balaban J connectivity index is 1.68. The molecule has 0 radical (unpaired) electrons. The molecule has 2 aliphatic rings. The van der Waals surface area contributed by atoms with Crippen LogP contribution in [0.25, 0.3) is 0 Å². The van der Waals surface area contributed by atoms with E-state index in [1.807, 2.05) is 18.2 Å². The van der Waals surface area contributed by atoms with Crippen molar-refractivity contribution in [2.45, 2.75) is 33.2 Å². The summed E-state index contributed by atoms with van der Waals surface area (Å²) in [7, 11) is 1.45. The van der Waals surface area contributed by atoms with Gasteiger partial charge < -0.3 is 19.7 Å². The van der Waals surface area contributed by atoms with Crippen LogP contribution >= 0.6 is 0 Å². The largest absolute Gasteiger partial charge is 0.493 e. The molecule has 0 spiro atoms. The van der Waals surface area contributed by atoms with Gasteiger partial charge >= 0.3 is 5.97 Å². The highest BCUT2D eigenvalue weighted by atomic mass is 16.5. The molecule has 1 aromatic carbocycles. The molecular formula is C21H31N3O3. The van der Waals surface area contributed by atoms with Gasteiger partial charge in [0.05, 0.1) is 26.2 Å². The third-order valence-corrected chi connectivity index (χ3v) is 5.29. The molecule has 0 aromatic heterocycles. The van der Waals surface area contributed by atoms with Gasteiger partial charge in [-0.1, -0.05) is 25.1 Å². The van der Waals surface area contributed by atoms with E-state index in [0.717, 1.165) is 42.9 Å². The zero-order valence-corrected chi connectivity index (χ0v) is 16.6. The Morgan fingerprint density at radius 2 is 2.07 bits per heavy atom. The Hall–Kier alpha value is -2.24. The van der Waals surface area contributed by atoms with E-state index in [1.54, 1.807) is 0 Å². The number of rotatable bonds is 7. The predicted octanol–water partition coefficient (Wildman–Crippen LogP) is 2.68. The Kier molecular flexibility index (Phi) is 6.58. The van der Waals surface area contributed by atoms with E-state index in [-0.39, 0.29) is 17.8 Å². The molecule has 1 saturated heterocycles. The van der Waals surface area contributed by atoms with Crippen LogP contribution in [0.3, 0.4) is 0 Å². The lowest BCUT2D eigenvalue weighted by Gasteiger charge is -2.21. The van der Waals surface area contributed by atoms with Crippen molar-refractivity contribution in [1.82, 2.24) is 10.2 Å². The van der Waals surface area contributed by atoms with Gasteiger partial charge in [0.2, 0.25) is 0 Å². The number of likely N-dealkylation sites (tertiary alicyclic amines) is 1. The maximum atomic E-state index is 12.0. The number of nitrogens with zero attached hydrogens (tertiary/aromatic N) is 2. The number of ether oxygens (including phenoxy) is 2. The first-order valence-electron chi connectivity index (χ1n) is 9.94. The van der Waals surface area contributed by atoms with Crippen LogP contribution in [-0.2, 0) is 16.1 Å². The molecule has 1 heterocycles. The second kappa shape index (κ2) is 9.11. The molecule has 1 aliphatic carbocycles. The van der Waals surface area contributed by atoms with E-state index >= 15 is 0 Å². The number of carbonyl (C=O) groups is 1. The van der Waals surface area contributed by atoms with Crippen molar-refractivity contribution in [2.75, 3.05) is 33.4 Å². The number of benzene rings is 1. The number of para-hydroxylation sites is 1. The normalized spacial score (nSPS) is 22.6. The van der Waals surface area contributed by atoms with E-state index in [4.69, 9.17) is 14.5 Å². The molecular weight excluding hydrogens is 342 g/mol. The van der Waals surface area contributed by atoms with Crippen LogP contribution in [0.15, 0.2) is 29.3 Å². The Bertz CT molecular complexity index is 672. The second-order valence-corrected chi connectivity index (χ2v) is 7.54. The van der Waals surface area contributed by atoms with E-state index in [2.05, 4.69) is 30.1 Å². The molecule has 0 bridgehead atoms. The molecule has 27 heavy (non-hydrogen) atoms. The third-order valence-electron chi connectivity index (χ3n) is 5.29. The first-order valence-corrected chi connectivity index (χ1v) is 9.94. The van der Waals surface area contributed by atoms with Crippen LogP contribution in [0.2, 0.25) is 0 Å². The summed E-state index contributed by atoms with van der Waals surface area (Å²) in [5.74, 6) is 2.49. The average molecular weight is 373 g/mol. The first kappa shape index (κ1) is 19.5. The zero-order chi connectivity index (χ0) is 19.2. The second-order valence-electron chi connectivity index (χ2n) is 7.54. The minimum absolute atomic E-state index is 0.104. The highest BCUT2D eigenvalue weighted by Crippen LogP contribution is 2.30. The number of hydrogen-bond acceptors (Lipinski definition) is 4. The van der Waals surface area contributed by atoms with Gasteiger partial charge in [0.1, 0.15) is 5.75 Å². The number of aliphatic imine (C=N–C) groups is 1. The molecule has 1 N–H and O–H groups in total. The topological polar surface area (TPSA) is 63.2 Å². The Morgan fingerprint density at radius 3 is 2.78 bits per heavy atom. The molecule has 1 aliphatic heterocycles. The number of methoxy groups -OCH3 is 1. The Morgan fingerprint density at radius 1 is 1.30 bits per heavy atom. The van der Waals surface area contributed by atoms with Crippen LogP contribution in [-0.4, -0.2) is 50.2 Å². The van der Waals surface area contributed by atoms with Crippen LogP contribution < -0.4 is 10.1 Å². The smallest absolute Gasteiger partial charge is 0.310 e. The fraction of sp³-hybridized carbons (Fsp3) is 0.619. The molecule has 2 unspecified atom stereocenters. The molecule has 2 fully saturated rings. The molecule has 1 aromatic rings. The lowest BCUT2D eigenvalue weighted by atomic mass is 9.99. The Labute approximate surface area is 161 Å². The molecule has 2 atom stereocenters. The summed E-state index contributed by atoms with van der Waals surface area (Å²) in [6.45, 7) is 7.71. The fourth-order valence-electron chi connectivity index (χ4n) is 3.45. The molecule has 6 nitrogen and oxygen atoms in total. The van der Waals surface area contributed by atoms with Gasteiger partial charge in [0.25, 0.3) is 0 Å². The molecule has 3 rings (SSSR count). The summed E-state index contributed by atoms with van der Waals surface area (Å²) < 4.78 is 10.9. The van der Waals surface area contributed by atoms with Gasteiger partial charge in [0, 0.05) is 25.2 Å². The van der Waals surface area contributed by atoms with E-state index in [9.17, 15) is 4.79 Å². The average Bonchev–Trinajstić information content (AvgIpc) is 3.43. The van der Waals surface area contributed by atoms with Gasteiger partial charge in [-0.25, -0.2) is 4.99 Å². The summed E-state index contributed by atoms with van der Waals surface area (Å²) in [6.07, 6.45) is 2.55. The van der Waals surface area contributed by atoms with Crippen molar-refractivity contribution >= 4 is 11.9 Å². The highest BCUT2D eigenvalue weighted by molar-refractivity contribution is 5.82. The van der Waals surface area contributed by atoms with Crippen molar-refractivity contribution in [3.05, 3.63) is 29.8 Å². The lowest BCUT2D eigenvalue weighted by Crippen LogP contribution is -2.40. The van der Waals surface area contributed by atoms with Gasteiger partial charge in [-0.05, 0) is 37.7 Å². The lowest BCUT2D eigenvalue weighted by molar-refractivity contribution is -0.145. The highest BCUT2D eigenvalue weighted by Gasteiger charge is 2.36. The number of hydrogen-bond donors (Lipinski definition) is 1. The molecule has 148 valence electrons. The summed E-state index contributed by atoms with van der Waals surface area (Å²) in [5, 5.41) is 3.36. The third kappa shape index (κ3) is 5.15. The zero-order valence-electron chi connectivity index (χ0n) is 16.6. The molecule has 1 saturated carbocycles. The van der Waals surface area contributed by atoms with Crippen molar-refractivity contribution in [2.24, 2.45) is 22.7 Å². The van der Waals surface area contributed by atoms with Crippen LogP contribution in [0.5, 0.6) is 5.75 Å². The summed E-state index contributed by atoms with van der Waals surface area (Å²) in [5.41, 5.74) is 1.09. The number of nitrogens with one attached hydrogen (secondary N) is 1. The van der Waals surface area contributed by atoms with Crippen molar-refractivity contribution in [3.63, 3.8) is 0 Å². The maximum Gasteiger partial charge on any atom is 0.310 e. The van der Waals surface area contributed by atoms with Crippen LogP contribution in [0.1, 0.15) is 32.3 Å². The number of guanidine groups is 1. The molecule has 6 heteroatoms. The van der Waals surface area contributed by atoms with E-state index < -0.39 is 0 Å². The van der Waals surface area contributed by atoms with E-state index in [0.29, 0.717) is 13.1 Å². The van der Waals surface area contributed by atoms with Gasteiger partial charge in [-0.2, -0.15) is 0 Å². The fourth-order valence-corrected chi connectivity index (χ4v) is 3.45. The van der Waals surface area contributed by atoms with Crippen molar-refractivity contribution in [1.29, 1.82) is 0 Å². The monoisotopic (exact) mass is 373 g/mol. The maximum absolute atomic E-state index is 12.0. The quantitative estimate of drug-likeness (QED) is 0.452. The van der Waals surface area contributed by atoms with Gasteiger partial charge in [-0.15, -0.1) is 0 Å². The SMILES string of the molecule is CCNC(=NCc1ccccc1OCC1CC1)N1CC(C)C(C(=O)OC)C1. The van der Waals surface area contributed by atoms with Gasteiger partial charge in [-0.3, -0.25) is 4.79 Å². The van der Waals surface area contributed by atoms with Gasteiger partial charge in [0.15, 0.2) is 5.96 Å². The molecule has 0 amide bonds. The van der Waals surface area contributed by atoms with E-state index in [1.165, 1.54) is 20.0 Å².